The largest absolute Gasteiger partial charge is 0.330 e. The standard InChI is InChI=1S/C13H20ClNO2S/c1-2-18(16,17)8-7-12(10-15)9-11-3-5-13(14)6-4-11/h3-6,12H,2,7-10,15H2,1H3. The Morgan fingerprint density at radius 2 is 1.89 bits per heavy atom. The first-order valence-electron chi connectivity index (χ1n) is 6.11. The van der Waals surface area contributed by atoms with E-state index < -0.39 is 9.84 Å². The first-order valence-corrected chi connectivity index (χ1v) is 8.31. The lowest BCUT2D eigenvalue weighted by Gasteiger charge is -2.14. The predicted octanol–water partition coefficient (Wildman–Crippen LogP) is 2.28. The fourth-order valence-electron chi connectivity index (χ4n) is 1.75. The van der Waals surface area contributed by atoms with Crippen LogP contribution in [0, 0.1) is 5.92 Å². The van der Waals surface area contributed by atoms with Gasteiger partial charge in [-0.3, -0.25) is 0 Å². The minimum atomic E-state index is -2.90. The van der Waals surface area contributed by atoms with E-state index in [0.717, 1.165) is 12.0 Å². The van der Waals surface area contributed by atoms with Crippen molar-refractivity contribution < 1.29 is 8.42 Å². The molecule has 0 aromatic heterocycles. The van der Waals surface area contributed by atoms with Gasteiger partial charge >= 0.3 is 0 Å². The van der Waals surface area contributed by atoms with Crippen LogP contribution < -0.4 is 5.73 Å². The van der Waals surface area contributed by atoms with Gasteiger partial charge in [-0.1, -0.05) is 30.7 Å². The summed E-state index contributed by atoms with van der Waals surface area (Å²) in [6.07, 6.45) is 1.42. The molecule has 1 aromatic carbocycles. The van der Waals surface area contributed by atoms with Crippen molar-refractivity contribution >= 4 is 21.4 Å². The summed E-state index contributed by atoms with van der Waals surface area (Å²) in [4.78, 5) is 0. The minimum Gasteiger partial charge on any atom is -0.330 e. The highest BCUT2D eigenvalue weighted by Crippen LogP contribution is 2.15. The van der Waals surface area contributed by atoms with Gasteiger partial charge in [0.1, 0.15) is 9.84 Å². The lowest BCUT2D eigenvalue weighted by atomic mass is 9.97. The molecule has 5 heteroatoms. The predicted molar refractivity (Wildman–Crippen MR) is 76.6 cm³/mol. The van der Waals surface area contributed by atoms with Gasteiger partial charge in [-0.05, 0) is 43.0 Å². The third-order valence-corrected chi connectivity index (χ3v) is 5.04. The Balaban J connectivity index is 2.54. The van der Waals surface area contributed by atoms with Crippen LogP contribution in [0.1, 0.15) is 18.9 Å². The second-order valence-electron chi connectivity index (χ2n) is 4.46. The molecule has 3 nitrogen and oxygen atoms in total. The van der Waals surface area contributed by atoms with E-state index in [1.54, 1.807) is 6.92 Å². The number of halogens is 1. The van der Waals surface area contributed by atoms with Gasteiger partial charge in [0.25, 0.3) is 0 Å². The fourth-order valence-corrected chi connectivity index (χ4v) is 2.85. The maximum Gasteiger partial charge on any atom is 0.150 e. The number of hydrogen-bond acceptors (Lipinski definition) is 3. The van der Waals surface area contributed by atoms with Crippen molar-refractivity contribution in [3.05, 3.63) is 34.9 Å². The molecule has 0 aliphatic carbocycles. The summed E-state index contributed by atoms with van der Waals surface area (Å²) < 4.78 is 22.9. The van der Waals surface area contributed by atoms with E-state index in [-0.39, 0.29) is 17.4 Å². The molecule has 0 spiro atoms. The average Bonchev–Trinajstić information content (AvgIpc) is 2.37. The highest BCUT2D eigenvalue weighted by atomic mass is 35.5. The molecule has 0 saturated heterocycles. The van der Waals surface area contributed by atoms with Crippen LogP contribution >= 0.6 is 11.6 Å². The van der Waals surface area contributed by atoms with Gasteiger partial charge in [-0.25, -0.2) is 8.42 Å². The third kappa shape index (κ3) is 5.38. The summed E-state index contributed by atoms with van der Waals surface area (Å²) in [5, 5.41) is 0.705. The number of nitrogens with two attached hydrogens (primary N) is 1. The Morgan fingerprint density at radius 3 is 2.39 bits per heavy atom. The van der Waals surface area contributed by atoms with Crippen molar-refractivity contribution in [3.63, 3.8) is 0 Å². The summed E-state index contributed by atoms with van der Waals surface area (Å²) in [7, 11) is -2.90. The smallest absolute Gasteiger partial charge is 0.150 e. The van der Waals surface area contributed by atoms with Crippen LogP contribution in [0.4, 0.5) is 0 Å². The summed E-state index contributed by atoms with van der Waals surface area (Å²) in [6, 6.07) is 7.60. The molecule has 0 aliphatic heterocycles. The van der Waals surface area contributed by atoms with Crippen LogP contribution in [-0.2, 0) is 16.3 Å². The van der Waals surface area contributed by atoms with Crippen LogP contribution in [0.5, 0.6) is 0 Å². The van der Waals surface area contributed by atoms with Crippen LogP contribution in [0.2, 0.25) is 5.02 Å². The molecule has 0 heterocycles. The molecule has 102 valence electrons. The first kappa shape index (κ1) is 15.5. The van der Waals surface area contributed by atoms with E-state index in [1.165, 1.54) is 0 Å². The van der Waals surface area contributed by atoms with E-state index in [9.17, 15) is 8.42 Å². The highest BCUT2D eigenvalue weighted by molar-refractivity contribution is 7.91. The zero-order valence-corrected chi connectivity index (χ0v) is 12.2. The molecule has 1 rings (SSSR count). The summed E-state index contributed by atoms with van der Waals surface area (Å²) in [6.45, 7) is 2.17. The molecule has 0 amide bonds. The van der Waals surface area contributed by atoms with E-state index in [1.807, 2.05) is 24.3 Å². The maximum absolute atomic E-state index is 11.5. The second-order valence-corrected chi connectivity index (χ2v) is 7.37. The molecule has 0 saturated carbocycles. The van der Waals surface area contributed by atoms with Crippen molar-refractivity contribution in [2.75, 3.05) is 18.1 Å². The second kappa shape index (κ2) is 7.12. The average molecular weight is 290 g/mol. The summed E-state index contributed by atoms with van der Waals surface area (Å²) in [5.41, 5.74) is 6.84. The minimum absolute atomic E-state index is 0.200. The van der Waals surface area contributed by atoms with E-state index in [4.69, 9.17) is 17.3 Å². The molecule has 0 aliphatic rings. The van der Waals surface area contributed by atoms with Gasteiger partial charge in [0.15, 0.2) is 0 Å². The number of rotatable bonds is 7. The molecule has 1 unspecified atom stereocenters. The van der Waals surface area contributed by atoms with Gasteiger partial charge < -0.3 is 5.73 Å². The lowest BCUT2D eigenvalue weighted by molar-refractivity contribution is 0.511. The van der Waals surface area contributed by atoms with Crippen molar-refractivity contribution in [2.45, 2.75) is 19.8 Å². The lowest BCUT2D eigenvalue weighted by Crippen LogP contribution is -2.21. The van der Waals surface area contributed by atoms with Crippen molar-refractivity contribution in [1.29, 1.82) is 0 Å². The molecule has 18 heavy (non-hydrogen) atoms. The Hall–Kier alpha value is -0.580. The molecule has 0 bridgehead atoms. The summed E-state index contributed by atoms with van der Waals surface area (Å²) in [5.74, 6) is 0.622. The van der Waals surface area contributed by atoms with Crippen molar-refractivity contribution in [2.24, 2.45) is 11.7 Å². The molecular formula is C13H20ClNO2S. The molecule has 2 N–H and O–H groups in total. The van der Waals surface area contributed by atoms with Crippen LogP contribution in [0.15, 0.2) is 24.3 Å². The Kier molecular flexibility index (Phi) is 6.12. The number of benzene rings is 1. The molecule has 1 aromatic rings. The quantitative estimate of drug-likeness (QED) is 0.838. The normalized spacial score (nSPS) is 13.5. The van der Waals surface area contributed by atoms with E-state index in [2.05, 4.69) is 0 Å². The highest BCUT2D eigenvalue weighted by Gasteiger charge is 2.13. The van der Waals surface area contributed by atoms with Crippen molar-refractivity contribution in [1.82, 2.24) is 0 Å². The maximum atomic E-state index is 11.5. The van der Waals surface area contributed by atoms with Crippen LogP contribution in [0.25, 0.3) is 0 Å². The summed E-state index contributed by atoms with van der Waals surface area (Å²) >= 11 is 5.82. The molecule has 0 radical (unpaired) electrons. The van der Waals surface area contributed by atoms with Crippen LogP contribution in [0.3, 0.4) is 0 Å². The fraction of sp³-hybridized carbons (Fsp3) is 0.538. The first-order chi connectivity index (χ1) is 8.46. The number of hydrogen-bond donors (Lipinski definition) is 1. The zero-order valence-electron chi connectivity index (χ0n) is 10.6. The van der Waals surface area contributed by atoms with Gasteiger partial charge in [0.2, 0.25) is 0 Å². The molecule has 0 fully saturated rings. The van der Waals surface area contributed by atoms with E-state index in [0.29, 0.717) is 18.0 Å². The van der Waals surface area contributed by atoms with Gasteiger partial charge in [0.05, 0.1) is 5.75 Å². The SMILES string of the molecule is CCS(=O)(=O)CCC(CN)Cc1ccc(Cl)cc1. The van der Waals surface area contributed by atoms with Crippen molar-refractivity contribution in [3.8, 4) is 0 Å². The van der Waals surface area contributed by atoms with Gasteiger partial charge in [-0.15, -0.1) is 0 Å². The molecular weight excluding hydrogens is 270 g/mol. The molecule has 1 atom stereocenters. The van der Waals surface area contributed by atoms with Gasteiger partial charge in [0, 0.05) is 10.8 Å². The third-order valence-electron chi connectivity index (χ3n) is 3.05. The topological polar surface area (TPSA) is 60.2 Å². The monoisotopic (exact) mass is 289 g/mol. The van der Waals surface area contributed by atoms with E-state index >= 15 is 0 Å². The van der Waals surface area contributed by atoms with Gasteiger partial charge in [-0.2, -0.15) is 0 Å². The van der Waals surface area contributed by atoms with Crippen LogP contribution in [-0.4, -0.2) is 26.5 Å². The Bertz CT molecular complexity index is 456. The zero-order chi connectivity index (χ0) is 13.6. The Labute approximate surface area is 114 Å². The number of sulfone groups is 1. The Morgan fingerprint density at radius 1 is 1.28 bits per heavy atom.